The molecule has 20 heavy (non-hydrogen) atoms. The maximum atomic E-state index is 13.7. The summed E-state index contributed by atoms with van der Waals surface area (Å²) in [5, 5.41) is 10.8. The number of rotatable bonds is 4. The minimum Gasteiger partial charge on any atom is -0.496 e. The van der Waals surface area contributed by atoms with E-state index in [0.29, 0.717) is 21.9 Å². The van der Waals surface area contributed by atoms with Crippen molar-refractivity contribution in [1.82, 2.24) is 0 Å². The summed E-state index contributed by atoms with van der Waals surface area (Å²) in [7, 11) is 1.55. The van der Waals surface area contributed by atoms with E-state index in [1.54, 1.807) is 13.2 Å². The van der Waals surface area contributed by atoms with Crippen LogP contribution in [0.5, 0.6) is 5.75 Å². The van der Waals surface area contributed by atoms with Gasteiger partial charge in [0.05, 0.1) is 13.2 Å². The second-order valence-electron chi connectivity index (χ2n) is 4.70. The summed E-state index contributed by atoms with van der Waals surface area (Å²) in [6, 6.07) is 9.83. The van der Waals surface area contributed by atoms with Gasteiger partial charge < -0.3 is 9.84 Å². The number of aryl methyl sites for hydroxylation is 1. The van der Waals surface area contributed by atoms with Crippen molar-refractivity contribution in [1.29, 1.82) is 0 Å². The van der Waals surface area contributed by atoms with Crippen LogP contribution in [0.1, 0.15) is 22.8 Å². The fraction of sp³-hybridized carbons (Fsp3) is 0.250. The predicted molar refractivity (Wildman–Crippen MR) is 77.8 cm³/mol. The van der Waals surface area contributed by atoms with Crippen LogP contribution >= 0.6 is 11.6 Å². The van der Waals surface area contributed by atoms with Crippen LogP contribution in [0.4, 0.5) is 4.39 Å². The van der Waals surface area contributed by atoms with Gasteiger partial charge >= 0.3 is 0 Å². The maximum absolute atomic E-state index is 13.7. The van der Waals surface area contributed by atoms with Gasteiger partial charge in [-0.2, -0.15) is 0 Å². The molecule has 0 spiro atoms. The number of benzene rings is 2. The first-order valence-electron chi connectivity index (χ1n) is 6.28. The van der Waals surface area contributed by atoms with Crippen LogP contribution in [0.3, 0.4) is 0 Å². The first-order valence-corrected chi connectivity index (χ1v) is 6.65. The lowest BCUT2D eigenvalue weighted by atomic mass is 9.99. The van der Waals surface area contributed by atoms with Gasteiger partial charge in [0.15, 0.2) is 0 Å². The number of hydrogen-bond donors (Lipinski definition) is 1. The SMILES string of the molecule is COc1cc(C)ccc1C(O)Cc1cc(Cl)ccc1F. The monoisotopic (exact) mass is 294 g/mol. The van der Waals surface area contributed by atoms with E-state index < -0.39 is 6.10 Å². The molecule has 1 unspecified atom stereocenters. The van der Waals surface area contributed by atoms with Gasteiger partial charge in [0.25, 0.3) is 0 Å². The Morgan fingerprint density at radius 3 is 2.70 bits per heavy atom. The van der Waals surface area contributed by atoms with Gasteiger partial charge in [-0.05, 0) is 42.3 Å². The molecule has 2 aromatic carbocycles. The topological polar surface area (TPSA) is 29.5 Å². The molecular formula is C16H16ClFO2. The Bertz CT molecular complexity index is 613. The van der Waals surface area contributed by atoms with Crippen LogP contribution in [0.2, 0.25) is 5.02 Å². The highest BCUT2D eigenvalue weighted by atomic mass is 35.5. The zero-order valence-corrected chi connectivity index (χ0v) is 12.1. The van der Waals surface area contributed by atoms with Crippen molar-refractivity contribution in [3.8, 4) is 5.75 Å². The molecule has 0 saturated carbocycles. The van der Waals surface area contributed by atoms with E-state index in [1.165, 1.54) is 18.2 Å². The second kappa shape index (κ2) is 6.25. The molecule has 0 saturated heterocycles. The normalized spacial score (nSPS) is 12.2. The van der Waals surface area contributed by atoms with Gasteiger partial charge in [0, 0.05) is 17.0 Å². The summed E-state index contributed by atoms with van der Waals surface area (Å²) in [4.78, 5) is 0. The number of aliphatic hydroxyl groups is 1. The predicted octanol–water partition coefficient (Wildman–Crippen LogP) is 4.07. The highest BCUT2D eigenvalue weighted by Gasteiger charge is 2.16. The van der Waals surface area contributed by atoms with Crippen molar-refractivity contribution >= 4 is 11.6 Å². The van der Waals surface area contributed by atoms with Crippen molar-refractivity contribution < 1.29 is 14.2 Å². The fourth-order valence-corrected chi connectivity index (χ4v) is 2.31. The summed E-state index contributed by atoms with van der Waals surface area (Å²) < 4.78 is 19.0. The third-order valence-electron chi connectivity index (χ3n) is 3.17. The molecule has 0 aromatic heterocycles. The van der Waals surface area contributed by atoms with E-state index >= 15 is 0 Å². The van der Waals surface area contributed by atoms with Crippen LogP contribution in [-0.4, -0.2) is 12.2 Å². The molecule has 0 aliphatic heterocycles. The summed E-state index contributed by atoms with van der Waals surface area (Å²) in [6.07, 6.45) is -0.704. The Hall–Kier alpha value is -1.58. The molecule has 0 amide bonds. The largest absolute Gasteiger partial charge is 0.496 e. The Balaban J connectivity index is 2.28. The zero-order chi connectivity index (χ0) is 14.7. The van der Waals surface area contributed by atoms with Crippen LogP contribution in [0.25, 0.3) is 0 Å². The van der Waals surface area contributed by atoms with E-state index in [-0.39, 0.29) is 12.2 Å². The van der Waals surface area contributed by atoms with E-state index in [1.807, 2.05) is 19.1 Å². The molecule has 106 valence electrons. The molecule has 1 atom stereocenters. The van der Waals surface area contributed by atoms with Crippen LogP contribution in [0, 0.1) is 12.7 Å². The van der Waals surface area contributed by atoms with E-state index in [9.17, 15) is 9.50 Å². The lowest BCUT2D eigenvalue weighted by Crippen LogP contribution is -2.06. The van der Waals surface area contributed by atoms with Gasteiger partial charge in [-0.1, -0.05) is 23.7 Å². The molecule has 0 aliphatic rings. The molecule has 2 rings (SSSR count). The minimum absolute atomic E-state index is 0.145. The minimum atomic E-state index is -0.849. The molecule has 2 nitrogen and oxygen atoms in total. The first kappa shape index (κ1) is 14.8. The average Bonchev–Trinajstić information content (AvgIpc) is 2.42. The third-order valence-corrected chi connectivity index (χ3v) is 3.40. The van der Waals surface area contributed by atoms with Crippen molar-refractivity contribution in [2.24, 2.45) is 0 Å². The van der Waals surface area contributed by atoms with Crippen LogP contribution < -0.4 is 4.74 Å². The first-order chi connectivity index (χ1) is 9.51. The Labute approximate surface area is 122 Å². The van der Waals surface area contributed by atoms with E-state index in [0.717, 1.165) is 5.56 Å². The second-order valence-corrected chi connectivity index (χ2v) is 5.14. The number of aliphatic hydroxyl groups excluding tert-OH is 1. The summed E-state index contributed by atoms with van der Waals surface area (Å²) >= 11 is 5.85. The summed E-state index contributed by atoms with van der Waals surface area (Å²) in [5.74, 6) is 0.222. The molecular weight excluding hydrogens is 279 g/mol. The van der Waals surface area contributed by atoms with Crippen molar-refractivity contribution in [3.63, 3.8) is 0 Å². The average molecular weight is 295 g/mol. The Morgan fingerprint density at radius 1 is 1.25 bits per heavy atom. The van der Waals surface area contributed by atoms with Crippen molar-refractivity contribution in [3.05, 3.63) is 63.9 Å². The number of hydrogen-bond acceptors (Lipinski definition) is 2. The van der Waals surface area contributed by atoms with Gasteiger partial charge in [0.1, 0.15) is 11.6 Å². The lowest BCUT2D eigenvalue weighted by molar-refractivity contribution is 0.172. The Morgan fingerprint density at radius 2 is 2.00 bits per heavy atom. The standard InChI is InChI=1S/C16H16ClFO2/c1-10-3-5-13(16(7-10)20-2)15(19)9-11-8-12(17)4-6-14(11)18/h3-8,15,19H,9H2,1-2H3. The molecule has 0 fully saturated rings. The molecule has 0 radical (unpaired) electrons. The lowest BCUT2D eigenvalue weighted by Gasteiger charge is -2.16. The molecule has 0 bridgehead atoms. The van der Waals surface area contributed by atoms with Gasteiger partial charge in [-0.25, -0.2) is 4.39 Å². The molecule has 2 aromatic rings. The van der Waals surface area contributed by atoms with Gasteiger partial charge in [0.2, 0.25) is 0 Å². The Kier molecular flexibility index (Phi) is 4.63. The molecule has 0 aliphatic carbocycles. The third kappa shape index (κ3) is 3.30. The van der Waals surface area contributed by atoms with Crippen molar-refractivity contribution in [2.75, 3.05) is 7.11 Å². The van der Waals surface area contributed by atoms with E-state index in [2.05, 4.69) is 0 Å². The number of methoxy groups -OCH3 is 1. The van der Waals surface area contributed by atoms with Crippen LogP contribution in [0.15, 0.2) is 36.4 Å². The molecule has 0 heterocycles. The van der Waals surface area contributed by atoms with Crippen molar-refractivity contribution in [2.45, 2.75) is 19.4 Å². The van der Waals surface area contributed by atoms with Gasteiger partial charge in [-0.15, -0.1) is 0 Å². The number of ether oxygens (including phenoxy) is 1. The summed E-state index contributed by atoms with van der Waals surface area (Å²) in [5.41, 5.74) is 2.05. The van der Waals surface area contributed by atoms with Crippen LogP contribution in [-0.2, 0) is 6.42 Å². The smallest absolute Gasteiger partial charge is 0.126 e. The van der Waals surface area contributed by atoms with Gasteiger partial charge in [-0.3, -0.25) is 0 Å². The van der Waals surface area contributed by atoms with E-state index in [4.69, 9.17) is 16.3 Å². The highest BCUT2D eigenvalue weighted by molar-refractivity contribution is 6.30. The highest BCUT2D eigenvalue weighted by Crippen LogP contribution is 2.29. The number of halogens is 2. The maximum Gasteiger partial charge on any atom is 0.126 e. The molecule has 1 N–H and O–H groups in total. The molecule has 4 heteroatoms. The zero-order valence-electron chi connectivity index (χ0n) is 11.4. The quantitative estimate of drug-likeness (QED) is 0.921. The fourth-order valence-electron chi connectivity index (χ4n) is 2.11. The summed E-state index contributed by atoms with van der Waals surface area (Å²) in [6.45, 7) is 1.94.